The number of carbonyl (C=O) groups excluding carboxylic acids is 1. The summed E-state index contributed by atoms with van der Waals surface area (Å²) in [7, 11) is 0. The van der Waals surface area contributed by atoms with E-state index in [1.807, 2.05) is 11.8 Å². The van der Waals surface area contributed by atoms with E-state index in [0.717, 1.165) is 66.9 Å². The van der Waals surface area contributed by atoms with Gasteiger partial charge in [-0.3, -0.25) is 4.79 Å². The molecule has 2 aliphatic rings. The van der Waals surface area contributed by atoms with E-state index in [4.69, 9.17) is 4.42 Å². The second-order valence-corrected chi connectivity index (χ2v) is 6.63. The van der Waals surface area contributed by atoms with Gasteiger partial charge in [0.25, 0.3) is 5.91 Å². The Morgan fingerprint density at radius 3 is 3.00 bits per heavy atom. The number of rotatable bonds is 2. The molecular weight excluding hydrogens is 306 g/mol. The molecule has 2 aromatic heterocycles. The van der Waals surface area contributed by atoms with Gasteiger partial charge in [0.2, 0.25) is 0 Å². The number of hydrogen-bond acceptors (Lipinski definition) is 4. The number of likely N-dealkylation sites (tertiary alicyclic amines) is 1. The summed E-state index contributed by atoms with van der Waals surface area (Å²) in [5, 5.41) is 0. The van der Waals surface area contributed by atoms with Gasteiger partial charge in [-0.2, -0.15) is 0 Å². The lowest BCUT2D eigenvalue weighted by atomic mass is 9.94. The summed E-state index contributed by atoms with van der Waals surface area (Å²) in [4.78, 5) is 33.1. The van der Waals surface area contributed by atoms with Gasteiger partial charge in [-0.15, -0.1) is 0 Å². The van der Waals surface area contributed by atoms with Crippen LogP contribution in [0.25, 0.3) is 0 Å². The van der Waals surface area contributed by atoms with Gasteiger partial charge in [0.05, 0.1) is 11.6 Å². The van der Waals surface area contributed by atoms with Crippen molar-refractivity contribution in [3.05, 3.63) is 51.1 Å². The van der Waals surface area contributed by atoms with Crippen LogP contribution in [0.5, 0.6) is 0 Å². The Bertz CT molecular complexity index is 836. The lowest BCUT2D eigenvalue weighted by Gasteiger charge is -2.25. The standard InChI is InChI=1S/C18H21N3O3/c1-11-16(12-5-2-3-7-15(12)24-11)17(22)21-10-4-6-14(21)13-8-9-19-18(23)20-13/h8-9,14H,2-7,10H2,1H3,(H,19,20,23). The first-order valence-electron chi connectivity index (χ1n) is 8.62. The van der Waals surface area contributed by atoms with Crippen LogP contribution < -0.4 is 5.69 Å². The number of aromatic nitrogens is 2. The average Bonchev–Trinajstić information content (AvgIpc) is 3.18. The molecule has 0 aromatic carbocycles. The quantitative estimate of drug-likeness (QED) is 0.919. The van der Waals surface area contributed by atoms with Crippen LogP contribution in [0.3, 0.4) is 0 Å². The zero-order valence-electron chi connectivity index (χ0n) is 13.8. The normalized spacial score (nSPS) is 20.2. The van der Waals surface area contributed by atoms with Crippen molar-refractivity contribution in [3.63, 3.8) is 0 Å². The molecule has 2 aromatic rings. The molecule has 1 atom stereocenters. The lowest BCUT2D eigenvalue weighted by molar-refractivity contribution is 0.0730. The number of aryl methyl sites for hydroxylation is 2. The van der Waals surface area contributed by atoms with E-state index >= 15 is 0 Å². The minimum atomic E-state index is -0.372. The zero-order valence-corrected chi connectivity index (χ0v) is 13.8. The predicted molar refractivity (Wildman–Crippen MR) is 88.0 cm³/mol. The highest BCUT2D eigenvalue weighted by molar-refractivity contribution is 5.97. The van der Waals surface area contributed by atoms with Crippen molar-refractivity contribution in [2.45, 2.75) is 51.5 Å². The molecule has 1 unspecified atom stereocenters. The molecule has 3 heterocycles. The topological polar surface area (TPSA) is 79.2 Å². The van der Waals surface area contributed by atoms with Crippen molar-refractivity contribution >= 4 is 5.91 Å². The first-order chi connectivity index (χ1) is 11.6. The molecule has 126 valence electrons. The summed E-state index contributed by atoms with van der Waals surface area (Å²) in [5.41, 5.74) is 2.23. The van der Waals surface area contributed by atoms with Crippen molar-refractivity contribution in [1.29, 1.82) is 0 Å². The predicted octanol–water partition coefficient (Wildman–Crippen LogP) is 2.53. The Morgan fingerprint density at radius 2 is 2.17 bits per heavy atom. The van der Waals surface area contributed by atoms with Crippen LogP contribution >= 0.6 is 0 Å². The number of furan rings is 1. The molecule has 1 saturated heterocycles. The second-order valence-electron chi connectivity index (χ2n) is 6.63. The molecule has 1 aliphatic carbocycles. The van der Waals surface area contributed by atoms with Crippen molar-refractivity contribution in [3.8, 4) is 0 Å². The molecule has 6 heteroatoms. The summed E-state index contributed by atoms with van der Waals surface area (Å²) in [5.74, 6) is 1.73. The molecule has 0 radical (unpaired) electrons. The van der Waals surface area contributed by atoms with E-state index in [0.29, 0.717) is 6.54 Å². The van der Waals surface area contributed by atoms with E-state index in [-0.39, 0.29) is 17.6 Å². The maximum Gasteiger partial charge on any atom is 0.345 e. The van der Waals surface area contributed by atoms with Crippen LogP contribution in [0, 0.1) is 6.92 Å². The number of H-pyrrole nitrogens is 1. The first kappa shape index (κ1) is 15.2. The molecule has 1 N–H and O–H groups in total. The van der Waals surface area contributed by atoms with Crippen molar-refractivity contribution in [2.24, 2.45) is 0 Å². The molecule has 1 amide bonds. The number of nitrogens with one attached hydrogen (secondary N) is 1. The summed E-state index contributed by atoms with van der Waals surface area (Å²) in [6.07, 6.45) is 7.35. The highest BCUT2D eigenvalue weighted by atomic mass is 16.3. The van der Waals surface area contributed by atoms with Crippen LogP contribution in [0.15, 0.2) is 21.5 Å². The molecule has 24 heavy (non-hydrogen) atoms. The second kappa shape index (κ2) is 5.92. The van der Waals surface area contributed by atoms with Crippen molar-refractivity contribution in [2.75, 3.05) is 6.54 Å². The SMILES string of the molecule is Cc1oc2c(c1C(=O)N1CCCC1c1ccnc(=O)[nH]1)CCCC2. The van der Waals surface area contributed by atoms with Gasteiger partial charge >= 0.3 is 5.69 Å². The maximum atomic E-state index is 13.2. The van der Waals surface area contributed by atoms with Gasteiger partial charge in [0.1, 0.15) is 11.5 Å². The molecule has 6 nitrogen and oxygen atoms in total. The Labute approximate surface area is 139 Å². The average molecular weight is 327 g/mol. The van der Waals surface area contributed by atoms with Gasteiger partial charge < -0.3 is 14.3 Å². The Kier molecular flexibility index (Phi) is 3.75. The highest BCUT2D eigenvalue weighted by Gasteiger charge is 2.35. The molecular formula is C18H21N3O3. The van der Waals surface area contributed by atoms with Crippen LogP contribution in [0.4, 0.5) is 0 Å². The van der Waals surface area contributed by atoms with E-state index < -0.39 is 0 Å². The minimum absolute atomic E-state index is 0.0274. The summed E-state index contributed by atoms with van der Waals surface area (Å²) in [6, 6.07) is 1.69. The van der Waals surface area contributed by atoms with Gasteiger partial charge in [-0.05, 0) is 45.1 Å². The van der Waals surface area contributed by atoms with Crippen LogP contribution in [0.2, 0.25) is 0 Å². The fourth-order valence-corrected chi connectivity index (χ4v) is 4.04. The number of hydrogen-bond donors (Lipinski definition) is 1. The zero-order chi connectivity index (χ0) is 16.7. The Hall–Kier alpha value is -2.37. The number of amides is 1. The Morgan fingerprint density at radius 1 is 1.33 bits per heavy atom. The minimum Gasteiger partial charge on any atom is -0.465 e. The molecule has 0 saturated carbocycles. The molecule has 4 rings (SSSR count). The molecule has 0 bridgehead atoms. The lowest BCUT2D eigenvalue weighted by Crippen LogP contribution is -2.32. The monoisotopic (exact) mass is 327 g/mol. The van der Waals surface area contributed by atoms with E-state index in [1.54, 1.807) is 6.07 Å². The first-order valence-corrected chi connectivity index (χ1v) is 8.62. The smallest absolute Gasteiger partial charge is 0.345 e. The van der Waals surface area contributed by atoms with Gasteiger partial charge in [-0.25, -0.2) is 9.78 Å². The third kappa shape index (κ3) is 2.46. The van der Waals surface area contributed by atoms with Gasteiger partial charge in [0, 0.05) is 30.4 Å². The molecule has 0 spiro atoms. The third-order valence-electron chi connectivity index (χ3n) is 5.13. The van der Waals surface area contributed by atoms with Gasteiger partial charge in [-0.1, -0.05) is 0 Å². The van der Waals surface area contributed by atoms with Crippen molar-refractivity contribution < 1.29 is 9.21 Å². The van der Waals surface area contributed by atoms with Crippen LogP contribution in [-0.4, -0.2) is 27.3 Å². The van der Waals surface area contributed by atoms with E-state index in [9.17, 15) is 9.59 Å². The van der Waals surface area contributed by atoms with Gasteiger partial charge in [0.15, 0.2) is 0 Å². The third-order valence-corrected chi connectivity index (χ3v) is 5.13. The number of fused-ring (bicyclic) bond motifs is 1. The van der Waals surface area contributed by atoms with E-state index in [1.165, 1.54) is 6.20 Å². The van der Waals surface area contributed by atoms with Crippen LogP contribution in [0.1, 0.15) is 64.9 Å². The summed E-state index contributed by atoms with van der Waals surface area (Å²) in [6.45, 7) is 2.58. The van der Waals surface area contributed by atoms with Crippen LogP contribution in [-0.2, 0) is 12.8 Å². The number of nitrogens with zero attached hydrogens (tertiary/aromatic N) is 2. The highest BCUT2D eigenvalue weighted by Crippen LogP contribution is 2.35. The largest absolute Gasteiger partial charge is 0.465 e. The van der Waals surface area contributed by atoms with Crippen molar-refractivity contribution in [1.82, 2.24) is 14.9 Å². The maximum absolute atomic E-state index is 13.2. The fourth-order valence-electron chi connectivity index (χ4n) is 4.04. The summed E-state index contributed by atoms with van der Waals surface area (Å²) < 4.78 is 5.86. The Balaban J connectivity index is 1.69. The number of aromatic amines is 1. The molecule has 1 fully saturated rings. The summed E-state index contributed by atoms with van der Waals surface area (Å²) >= 11 is 0. The van der Waals surface area contributed by atoms with E-state index in [2.05, 4.69) is 9.97 Å². The molecule has 1 aliphatic heterocycles. The number of carbonyl (C=O) groups is 1. The fraction of sp³-hybridized carbons (Fsp3) is 0.500.